The van der Waals surface area contributed by atoms with Crippen molar-refractivity contribution >= 4 is 22.6 Å². The van der Waals surface area contributed by atoms with Crippen molar-refractivity contribution in [2.75, 3.05) is 0 Å². The van der Waals surface area contributed by atoms with Gasteiger partial charge >= 0.3 is 5.97 Å². The maximum Gasteiger partial charge on any atom is 0.323 e. The van der Waals surface area contributed by atoms with Gasteiger partial charge in [0.05, 0.1) is 10.9 Å². The molecule has 0 fully saturated rings. The Hall–Kier alpha value is -2.63. The number of hydrogen-bond donors (Lipinski definition) is 1. The summed E-state index contributed by atoms with van der Waals surface area (Å²) in [5.41, 5.74) is 0.378. The lowest BCUT2D eigenvalue weighted by Crippen LogP contribution is -2.26. The maximum absolute atomic E-state index is 12.2. The Kier molecular flexibility index (Phi) is 2.16. The largest absolute Gasteiger partial charge is 0.480 e. The number of carbonyl (C=O) groups is 1. The summed E-state index contributed by atoms with van der Waals surface area (Å²) in [4.78, 5) is 27.1. The highest BCUT2D eigenvalue weighted by molar-refractivity contribution is 5.80. The molecule has 18 heavy (non-hydrogen) atoms. The maximum atomic E-state index is 12.2. The first kappa shape index (κ1) is 10.5. The third-order valence-electron chi connectivity index (χ3n) is 2.80. The summed E-state index contributed by atoms with van der Waals surface area (Å²) in [6, 6.07) is 7.05. The fraction of sp³-hybridized carbons (Fsp3) is 0.0833. The minimum atomic E-state index is -1.07. The number of nitrogens with zero attached hydrogens (tertiary/aromatic N) is 3. The number of rotatable bonds is 2. The van der Waals surface area contributed by atoms with Crippen molar-refractivity contribution in [3.05, 3.63) is 47.0 Å². The molecule has 0 aliphatic carbocycles. The Morgan fingerprint density at radius 3 is 2.89 bits per heavy atom. The molecular weight excluding hydrogens is 234 g/mol. The van der Waals surface area contributed by atoms with Gasteiger partial charge in [0, 0.05) is 12.4 Å². The predicted octanol–water partition coefficient (Wildman–Crippen LogP) is 0.734. The van der Waals surface area contributed by atoms with Gasteiger partial charge in [-0.3, -0.25) is 18.6 Å². The Balaban J connectivity index is 2.52. The molecule has 0 atom stereocenters. The molecule has 1 N–H and O–H groups in total. The number of hydrogen-bond acceptors (Lipinski definition) is 3. The van der Waals surface area contributed by atoms with Gasteiger partial charge in [0.2, 0.25) is 5.78 Å². The van der Waals surface area contributed by atoms with Crippen LogP contribution in [0.3, 0.4) is 0 Å². The minimum Gasteiger partial charge on any atom is -0.480 e. The molecule has 0 bridgehead atoms. The van der Waals surface area contributed by atoms with Crippen molar-refractivity contribution in [3.63, 3.8) is 0 Å². The zero-order valence-corrected chi connectivity index (χ0v) is 9.28. The molecule has 6 heteroatoms. The highest BCUT2D eigenvalue weighted by Crippen LogP contribution is 2.12. The van der Waals surface area contributed by atoms with Gasteiger partial charge in [-0.05, 0) is 12.1 Å². The molecule has 0 saturated carbocycles. The monoisotopic (exact) mass is 243 g/mol. The second kappa shape index (κ2) is 3.69. The number of benzene rings is 1. The first-order chi connectivity index (χ1) is 8.68. The topological polar surface area (TPSA) is 76.6 Å². The van der Waals surface area contributed by atoms with Crippen LogP contribution in [0, 0.1) is 0 Å². The summed E-state index contributed by atoms with van der Waals surface area (Å²) < 4.78 is 2.87. The van der Waals surface area contributed by atoms with E-state index in [4.69, 9.17) is 5.11 Å². The first-order valence-electron chi connectivity index (χ1n) is 5.35. The SMILES string of the molecule is O=C(O)Cn1c(=O)c2ccccc2n2ccnc12. The van der Waals surface area contributed by atoms with E-state index in [1.54, 1.807) is 35.0 Å². The Bertz CT molecular complexity index is 816. The Labute approximate surface area is 101 Å². The van der Waals surface area contributed by atoms with Gasteiger partial charge in [-0.1, -0.05) is 12.1 Å². The molecule has 2 heterocycles. The Morgan fingerprint density at radius 2 is 2.11 bits per heavy atom. The molecular formula is C12H9N3O3. The molecule has 0 aliphatic heterocycles. The number of carboxylic acids is 1. The summed E-state index contributed by atoms with van der Waals surface area (Å²) in [5.74, 6) is -0.738. The van der Waals surface area contributed by atoms with Crippen LogP contribution in [-0.4, -0.2) is 25.0 Å². The molecule has 6 nitrogen and oxygen atoms in total. The number of fused-ring (bicyclic) bond motifs is 3. The van der Waals surface area contributed by atoms with E-state index < -0.39 is 12.5 Å². The van der Waals surface area contributed by atoms with E-state index in [1.165, 1.54) is 0 Å². The number of para-hydroxylation sites is 1. The summed E-state index contributed by atoms with van der Waals surface area (Å²) >= 11 is 0. The number of carboxylic acid groups (broad SMARTS) is 1. The number of aliphatic carboxylic acids is 1. The fourth-order valence-electron chi connectivity index (χ4n) is 2.06. The van der Waals surface area contributed by atoms with Crippen LogP contribution in [0.1, 0.15) is 0 Å². The predicted molar refractivity (Wildman–Crippen MR) is 64.6 cm³/mol. The van der Waals surface area contributed by atoms with E-state index in [0.29, 0.717) is 11.2 Å². The van der Waals surface area contributed by atoms with Gasteiger partial charge in [-0.25, -0.2) is 4.98 Å². The van der Waals surface area contributed by atoms with Crippen LogP contribution >= 0.6 is 0 Å². The van der Waals surface area contributed by atoms with Crippen molar-refractivity contribution in [1.29, 1.82) is 0 Å². The lowest BCUT2D eigenvalue weighted by Gasteiger charge is -2.08. The third kappa shape index (κ3) is 1.39. The van der Waals surface area contributed by atoms with Gasteiger partial charge < -0.3 is 5.11 Å². The van der Waals surface area contributed by atoms with Gasteiger partial charge in [0.25, 0.3) is 5.56 Å². The Morgan fingerprint density at radius 1 is 1.33 bits per heavy atom. The van der Waals surface area contributed by atoms with Gasteiger partial charge in [-0.2, -0.15) is 0 Å². The van der Waals surface area contributed by atoms with Crippen molar-refractivity contribution < 1.29 is 9.90 Å². The van der Waals surface area contributed by atoms with E-state index in [-0.39, 0.29) is 5.56 Å². The van der Waals surface area contributed by atoms with Crippen molar-refractivity contribution in [1.82, 2.24) is 14.0 Å². The molecule has 2 aromatic heterocycles. The summed E-state index contributed by atoms with van der Waals surface area (Å²) in [6.45, 7) is -0.399. The molecule has 0 saturated heterocycles. The quantitative estimate of drug-likeness (QED) is 0.720. The smallest absolute Gasteiger partial charge is 0.323 e. The lowest BCUT2D eigenvalue weighted by atomic mass is 10.2. The molecule has 0 aliphatic rings. The first-order valence-corrected chi connectivity index (χ1v) is 5.35. The molecule has 90 valence electrons. The van der Waals surface area contributed by atoms with E-state index >= 15 is 0 Å². The zero-order chi connectivity index (χ0) is 12.7. The van der Waals surface area contributed by atoms with E-state index in [1.807, 2.05) is 6.07 Å². The van der Waals surface area contributed by atoms with E-state index in [9.17, 15) is 9.59 Å². The molecule has 3 aromatic rings. The average Bonchev–Trinajstić information content (AvgIpc) is 2.83. The fourth-order valence-corrected chi connectivity index (χ4v) is 2.06. The van der Waals surface area contributed by atoms with Crippen molar-refractivity contribution in [3.8, 4) is 0 Å². The molecule has 0 amide bonds. The van der Waals surface area contributed by atoms with Crippen molar-refractivity contribution in [2.45, 2.75) is 6.54 Å². The summed E-state index contributed by atoms with van der Waals surface area (Å²) in [5, 5.41) is 9.34. The molecule has 1 aromatic carbocycles. The minimum absolute atomic E-state index is 0.334. The highest BCUT2D eigenvalue weighted by Gasteiger charge is 2.12. The normalized spacial score (nSPS) is 11.1. The number of imidazole rings is 1. The van der Waals surface area contributed by atoms with Crippen LogP contribution < -0.4 is 5.56 Å². The molecule has 0 unspecified atom stereocenters. The van der Waals surface area contributed by atoms with Gasteiger partial charge in [0.15, 0.2) is 0 Å². The third-order valence-corrected chi connectivity index (χ3v) is 2.80. The zero-order valence-electron chi connectivity index (χ0n) is 9.28. The molecule has 0 radical (unpaired) electrons. The highest BCUT2D eigenvalue weighted by atomic mass is 16.4. The second-order valence-corrected chi connectivity index (χ2v) is 3.90. The summed E-state index contributed by atoms with van der Waals surface area (Å²) in [7, 11) is 0. The van der Waals surface area contributed by atoms with Crippen LogP contribution in [0.15, 0.2) is 41.5 Å². The average molecular weight is 243 g/mol. The van der Waals surface area contributed by atoms with Crippen LogP contribution in [0.5, 0.6) is 0 Å². The molecule has 3 rings (SSSR count). The summed E-state index contributed by atoms with van der Waals surface area (Å²) in [6.07, 6.45) is 3.25. The standard InChI is InChI=1S/C12H9N3O3/c16-10(17)7-15-11(18)8-3-1-2-4-9(8)14-6-5-13-12(14)15/h1-6H,7H2,(H,16,17). The van der Waals surface area contributed by atoms with Crippen LogP contribution in [0.4, 0.5) is 0 Å². The van der Waals surface area contributed by atoms with Crippen molar-refractivity contribution in [2.24, 2.45) is 0 Å². The van der Waals surface area contributed by atoms with E-state index in [2.05, 4.69) is 4.98 Å². The number of aromatic nitrogens is 3. The van der Waals surface area contributed by atoms with Gasteiger partial charge in [-0.15, -0.1) is 0 Å². The lowest BCUT2D eigenvalue weighted by molar-refractivity contribution is -0.137. The molecule has 0 spiro atoms. The van der Waals surface area contributed by atoms with Crippen LogP contribution in [-0.2, 0) is 11.3 Å². The van der Waals surface area contributed by atoms with Crippen LogP contribution in [0.25, 0.3) is 16.7 Å². The van der Waals surface area contributed by atoms with Gasteiger partial charge in [0.1, 0.15) is 6.54 Å². The van der Waals surface area contributed by atoms with E-state index in [0.717, 1.165) is 10.1 Å². The second-order valence-electron chi connectivity index (χ2n) is 3.90. The van der Waals surface area contributed by atoms with Crippen LogP contribution in [0.2, 0.25) is 0 Å².